The standard InChI is InChI=1S/C19H27N3O2/c1-14-11-17(23-2)16(15-3-6-21-18(14)15)12-22-8-4-19(5-9-22)13-20-7-10-24-19/h3,6,11,20-21H,4-5,7-10,12-13H2,1-2H3. The Hall–Kier alpha value is -1.56. The van der Waals surface area contributed by atoms with E-state index in [0.29, 0.717) is 0 Å². The molecular formula is C19H27N3O2. The molecule has 0 saturated carbocycles. The molecule has 24 heavy (non-hydrogen) atoms. The fraction of sp³-hybridized carbons (Fsp3) is 0.579. The van der Waals surface area contributed by atoms with Gasteiger partial charge < -0.3 is 19.8 Å². The van der Waals surface area contributed by atoms with Crippen molar-refractivity contribution in [3.63, 3.8) is 0 Å². The summed E-state index contributed by atoms with van der Waals surface area (Å²) in [7, 11) is 1.77. The summed E-state index contributed by atoms with van der Waals surface area (Å²) in [5.74, 6) is 0.996. The largest absolute Gasteiger partial charge is 0.496 e. The lowest BCUT2D eigenvalue weighted by atomic mass is 9.89. The second-order valence-electron chi connectivity index (χ2n) is 7.13. The number of likely N-dealkylation sites (tertiary alicyclic amines) is 1. The zero-order valence-electron chi connectivity index (χ0n) is 14.7. The number of benzene rings is 1. The summed E-state index contributed by atoms with van der Waals surface area (Å²) < 4.78 is 11.8. The van der Waals surface area contributed by atoms with E-state index in [9.17, 15) is 0 Å². The number of H-pyrrole nitrogens is 1. The maximum Gasteiger partial charge on any atom is 0.124 e. The van der Waals surface area contributed by atoms with Gasteiger partial charge in [0.2, 0.25) is 0 Å². The maximum atomic E-state index is 6.10. The molecule has 130 valence electrons. The quantitative estimate of drug-likeness (QED) is 0.908. The first-order valence-electron chi connectivity index (χ1n) is 8.91. The van der Waals surface area contributed by atoms with Crippen LogP contribution in [0.25, 0.3) is 10.9 Å². The number of piperidine rings is 1. The Morgan fingerprint density at radius 2 is 2.17 bits per heavy atom. The smallest absolute Gasteiger partial charge is 0.124 e. The van der Waals surface area contributed by atoms with Gasteiger partial charge in [0.25, 0.3) is 0 Å². The van der Waals surface area contributed by atoms with Crippen molar-refractivity contribution in [1.82, 2.24) is 15.2 Å². The highest BCUT2D eigenvalue weighted by Crippen LogP contribution is 2.34. The normalized spacial score (nSPS) is 21.4. The Bertz CT molecular complexity index is 709. The summed E-state index contributed by atoms with van der Waals surface area (Å²) in [5.41, 5.74) is 3.81. The molecule has 2 aromatic rings. The number of hydrogen-bond acceptors (Lipinski definition) is 4. The number of ether oxygens (including phenoxy) is 2. The molecule has 1 aromatic carbocycles. The number of nitrogens with zero attached hydrogens (tertiary/aromatic N) is 1. The van der Waals surface area contributed by atoms with Crippen LogP contribution in [0, 0.1) is 6.92 Å². The molecule has 2 saturated heterocycles. The van der Waals surface area contributed by atoms with Gasteiger partial charge in [-0.3, -0.25) is 4.90 Å². The molecule has 5 nitrogen and oxygen atoms in total. The lowest BCUT2D eigenvalue weighted by Gasteiger charge is -2.44. The van der Waals surface area contributed by atoms with Crippen molar-refractivity contribution >= 4 is 10.9 Å². The van der Waals surface area contributed by atoms with Crippen molar-refractivity contribution in [3.8, 4) is 5.75 Å². The van der Waals surface area contributed by atoms with Gasteiger partial charge in [-0.15, -0.1) is 0 Å². The first-order chi connectivity index (χ1) is 11.7. The zero-order valence-corrected chi connectivity index (χ0v) is 14.7. The van der Waals surface area contributed by atoms with E-state index < -0.39 is 0 Å². The van der Waals surface area contributed by atoms with Crippen molar-refractivity contribution < 1.29 is 9.47 Å². The highest BCUT2D eigenvalue weighted by Gasteiger charge is 2.37. The third kappa shape index (κ3) is 2.81. The lowest BCUT2D eigenvalue weighted by molar-refractivity contribution is -0.100. The molecule has 0 bridgehead atoms. The highest BCUT2D eigenvalue weighted by atomic mass is 16.5. The van der Waals surface area contributed by atoms with Crippen LogP contribution < -0.4 is 10.1 Å². The Balaban J connectivity index is 1.53. The van der Waals surface area contributed by atoms with E-state index in [1.165, 1.54) is 22.0 Å². The molecular weight excluding hydrogens is 302 g/mol. The van der Waals surface area contributed by atoms with E-state index in [2.05, 4.69) is 34.3 Å². The van der Waals surface area contributed by atoms with E-state index >= 15 is 0 Å². The third-order valence-corrected chi connectivity index (χ3v) is 5.61. The summed E-state index contributed by atoms with van der Waals surface area (Å²) in [4.78, 5) is 5.89. The van der Waals surface area contributed by atoms with Gasteiger partial charge >= 0.3 is 0 Å². The monoisotopic (exact) mass is 329 g/mol. The molecule has 1 aromatic heterocycles. The number of aromatic nitrogens is 1. The van der Waals surface area contributed by atoms with Crippen LogP contribution >= 0.6 is 0 Å². The van der Waals surface area contributed by atoms with Gasteiger partial charge in [0.05, 0.1) is 19.3 Å². The Morgan fingerprint density at radius 1 is 1.33 bits per heavy atom. The van der Waals surface area contributed by atoms with Crippen LogP contribution in [-0.4, -0.2) is 55.4 Å². The van der Waals surface area contributed by atoms with Crippen molar-refractivity contribution in [2.75, 3.05) is 39.9 Å². The molecule has 0 radical (unpaired) electrons. The minimum Gasteiger partial charge on any atom is -0.496 e. The minimum absolute atomic E-state index is 0.0650. The maximum absolute atomic E-state index is 6.10. The number of rotatable bonds is 3. The molecule has 2 N–H and O–H groups in total. The van der Waals surface area contributed by atoms with Crippen LogP contribution in [0.5, 0.6) is 5.75 Å². The number of aryl methyl sites for hydroxylation is 1. The van der Waals surface area contributed by atoms with Crippen molar-refractivity contribution in [2.45, 2.75) is 31.9 Å². The van der Waals surface area contributed by atoms with Crippen LogP contribution in [0.3, 0.4) is 0 Å². The Morgan fingerprint density at radius 3 is 2.88 bits per heavy atom. The van der Waals surface area contributed by atoms with Gasteiger partial charge in [-0.1, -0.05) is 0 Å². The Kier molecular flexibility index (Phi) is 4.24. The topological polar surface area (TPSA) is 49.5 Å². The van der Waals surface area contributed by atoms with Gasteiger partial charge in [0, 0.05) is 55.4 Å². The van der Waals surface area contributed by atoms with Crippen LogP contribution in [0.1, 0.15) is 24.0 Å². The van der Waals surface area contributed by atoms with Gasteiger partial charge in [0.15, 0.2) is 0 Å². The second-order valence-corrected chi connectivity index (χ2v) is 7.13. The minimum atomic E-state index is 0.0650. The molecule has 0 unspecified atom stereocenters. The van der Waals surface area contributed by atoms with Crippen LogP contribution in [0.4, 0.5) is 0 Å². The predicted octanol–water partition coefficient (Wildman–Crippen LogP) is 2.44. The van der Waals surface area contributed by atoms with E-state index in [-0.39, 0.29) is 5.60 Å². The molecule has 5 heteroatoms. The van der Waals surface area contributed by atoms with Gasteiger partial charge in [-0.25, -0.2) is 0 Å². The van der Waals surface area contributed by atoms with Gasteiger partial charge in [0.1, 0.15) is 5.75 Å². The average molecular weight is 329 g/mol. The number of methoxy groups -OCH3 is 1. The predicted molar refractivity (Wildman–Crippen MR) is 95.7 cm³/mol. The summed E-state index contributed by atoms with van der Waals surface area (Å²) in [6.45, 7) is 8.03. The molecule has 1 spiro atoms. The molecule has 2 aliphatic rings. The molecule has 0 atom stereocenters. The summed E-state index contributed by atoms with van der Waals surface area (Å²) in [6, 6.07) is 4.31. The molecule has 0 aliphatic carbocycles. The molecule has 4 rings (SSSR count). The van der Waals surface area contributed by atoms with Crippen molar-refractivity contribution in [1.29, 1.82) is 0 Å². The lowest BCUT2D eigenvalue weighted by Crippen LogP contribution is -2.55. The van der Waals surface area contributed by atoms with Crippen LogP contribution in [-0.2, 0) is 11.3 Å². The Labute approximate surface area is 143 Å². The summed E-state index contributed by atoms with van der Waals surface area (Å²) >= 11 is 0. The number of hydrogen-bond donors (Lipinski definition) is 2. The van der Waals surface area contributed by atoms with E-state index in [4.69, 9.17) is 9.47 Å². The first-order valence-corrected chi connectivity index (χ1v) is 8.91. The number of nitrogens with one attached hydrogen (secondary N) is 2. The van der Waals surface area contributed by atoms with Crippen molar-refractivity contribution in [2.24, 2.45) is 0 Å². The number of fused-ring (bicyclic) bond motifs is 1. The fourth-order valence-electron chi connectivity index (χ4n) is 4.15. The van der Waals surface area contributed by atoms with Gasteiger partial charge in [-0.2, -0.15) is 0 Å². The van der Waals surface area contributed by atoms with E-state index in [0.717, 1.165) is 57.9 Å². The summed E-state index contributed by atoms with van der Waals surface area (Å²) in [6.07, 6.45) is 4.22. The highest BCUT2D eigenvalue weighted by molar-refractivity contribution is 5.88. The number of morpholine rings is 1. The average Bonchev–Trinajstić information content (AvgIpc) is 3.10. The fourth-order valence-corrected chi connectivity index (χ4v) is 4.15. The van der Waals surface area contributed by atoms with Crippen LogP contribution in [0.2, 0.25) is 0 Å². The molecule has 2 aliphatic heterocycles. The summed E-state index contributed by atoms with van der Waals surface area (Å²) in [5, 5.41) is 4.77. The zero-order chi connectivity index (χ0) is 16.6. The van der Waals surface area contributed by atoms with E-state index in [1.54, 1.807) is 7.11 Å². The molecule has 0 amide bonds. The van der Waals surface area contributed by atoms with E-state index in [1.807, 2.05) is 6.20 Å². The number of aromatic amines is 1. The molecule has 2 fully saturated rings. The van der Waals surface area contributed by atoms with Crippen molar-refractivity contribution in [3.05, 3.63) is 29.5 Å². The first kappa shape index (κ1) is 15.9. The van der Waals surface area contributed by atoms with Crippen LogP contribution in [0.15, 0.2) is 18.3 Å². The van der Waals surface area contributed by atoms with Gasteiger partial charge in [-0.05, 0) is 37.5 Å². The molecule has 3 heterocycles. The third-order valence-electron chi connectivity index (χ3n) is 5.61. The second kappa shape index (κ2) is 6.39. The SMILES string of the molecule is COc1cc(C)c2[nH]ccc2c1CN1CCC2(CC1)CNCCO2.